The molecule has 1 unspecified atom stereocenters. The lowest BCUT2D eigenvalue weighted by atomic mass is 9.86. The number of aromatic nitrogens is 3. The van der Waals surface area contributed by atoms with Crippen molar-refractivity contribution in [3.05, 3.63) is 18.6 Å². The molecule has 2 fully saturated rings. The van der Waals surface area contributed by atoms with Crippen LogP contribution in [0.4, 0.5) is 5.82 Å². The molecule has 4 heterocycles. The minimum atomic E-state index is -0.0464. The standard InChI is InChI=1S/C19H26N6O2/c1-14(26)20-7-2-3-16(27)24-9-5-19(11-24)6-10-25(12-19)18-15-4-8-21-17(15)22-13-23-18/h4,8,13H,2-3,5-7,9-12H2,1H3,(H,20,26)(H,21,22,23). The summed E-state index contributed by atoms with van der Waals surface area (Å²) in [4.78, 5) is 39.7. The molecule has 1 spiro atoms. The lowest BCUT2D eigenvalue weighted by Crippen LogP contribution is -2.34. The van der Waals surface area contributed by atoms with E-state index in [1.165, 1.54) is 6.92 Å². The number of likely N-dealkylation sites (tertiary alicyclic amines) is 1. The average Bonchev–Trinajstić information content (AvgIpc) is 3.38. The van der Waals surface area contributed by atoms with E-state index in [0.29, 0.717) is 19.4 Å². The number of H-pyrrole nitrogens is 1. The van der Waals surface area contributed by atoms with E-state index in [2.05, 4.69) is 25.2 Å². The maximum absolute atomic E-state index is 12.5. The Balaban J connectivity index is 1.35. The molecule has 2 aliphatic heterocycles. The van der Waals surface area contributed by atoms with E-state index in [0.717, 1.165) is 55.9 Å². The van der Waals surface area contributed by atoms with Gasteiger partial charge in [0.25, 0.3) is 0 Å². The number of rotatable bonds is 5. The summed E-state index contributed by atoms with van der Waals surface area (Å²) in [5.74, 6) is 1.14. The molecule has 8 nitrogen and oxygen atoms in total. The van der Waals surface area contributed by atoms with Crippen LogP contribution in [0.5, 0.6) is 0 Å². The van der Waals surface area contributed by atoms with Gasteiger partial charge in [-0.25, -0.2) is 9.97 Å². The zero-order valence-corrected chi connectivity index (χ0v) is 15.7. The zero-order chi connectivity index (χ0) is 18.9. The van der Waals surface area contributed by atoms with Gasteiger partial charge in [-0.3, -0.25) is 9.59 Å². The number of carbonyl (C=O) groups excluding carboxylic acids is 2. The highest BCUT2D eigenvalue weighted by molar-refractivity contribution is 5.87. The van der Waals surface area contributed by atoms with Gasteiger partial charge in [-0.05, 0) is 25.3 Å². The first-order valence-electron chi connectivity index (χ1n) is 9.62. The van der Waals surface area contributed by atoms with Gasteiger partial charge in [-0.1, -0.05) is 0 Å². The molecular formula is C19H26N6O2. The molecule has 2 N–H and O–H groups in total. The number of aromatic amines is 1. The zero-order valence-electron chi connectivity index (χ0n) is 15.7. The lowest BCUT2D eigenvalue weighted by Gasteiger charge is -2.25. The van der Waals surface area contributed by atoms with Crippen LogP contribution < -0.4 is 10.2 Å². The molecule has 2 amide bonds. The largest absolute Gasteiger partial charge is 0.356 e. The van der Waals surface area contributed by atoms with Gasteiger partial charge in [0.05, 0.1) is 5.39 Å². The molecule has 2 aliphatic rings. The van der Waals surface area contributed by atoms with Crippen LogP contribution in [-0.4, -0.2) is 64.4 Å². The Labute approximate surface area is 158 Å². The van der Waals surface area contributed by atoms with Crippen LogP contribution in [-0.2, 0) is 9.59 Å². The minimum Gasteiger partial charge on any atom is -0.356 e. The number of nitrogens with zero attached hydrogens (tertiary/aromatic N) is 4. The summed E-state index contributed by atoms with van der Waals surface area (Å²) in [5, 5.41) is 3.80. The summed E-state index contributed by atoms with van der Waals surface area (Å²) in [6.45, 7) is 5.60. The first-order valence-corrected chi connectivity index (χ1v) is 9.62. The third kappa shape index (κ3) is 3.61. The molecule has 4 rings (SSSR count). The molecule has 2 saturated heterocycles. The summed E-state index contributed by atoms with van der Waals surface area (Å²) in [6.07, 6.45) is 6.82. The summed E-state index contributed by atoms with van der Waals surface area (Å²) in [6, 6.07) is 2.02. The van der Waals surface area contributed by atoms with Crippen LogP contribution in [0.15, 0.2) is 18.6 Å². The molecule has 0 bridgehead atoms. The van der Waals surface area contributed by atoms with Gasteiger partial charge in [0.1, 0.15) is 17.8 Å². The van der Waals surface area contributed by atoms with Crippen molar-refractivity contribution in [3.8, 4) is 0 Å². The molecule has 0 aliphatic carbocycles. The molecule has 144 valence electrons. The highest BCUT2D eigenvalue weighted by Crippen LogP contribution is 2.41. The normalized spacial score (nSPS) is 22.1. The van der Waals surface area contributed by atoms with Gasteiger partial charge in [0.2, 0.25) is 11.8 Å². The predicted molar refractivity (Wildman–Crippen MR) is 102 cm³/mol. The Morgan fingerprint density at radius 1 is 1.26 bits per heavy atom. The Morgan fingerprint density at radius 2 is 2.11 bits per heavy atom. The quantitative estimate of drug-likeness (QED) is 0.774. The van der Waals surface area contributed by atoms with Crippen LogP contribution in [0.1, 0.15) is 32.6 Å². The van der Waals surface area contributed by atoms with Crippen LogP contribution in [0, 0.1) is 5.41 Å². The maximum Gasteiger partial charge on any atom is 0.222 e. The Hall–Kier alpha value is -2.64. The Morgan fingerprint density at radius 3 is 2.96 bits per heavy atom. The van der Waals surface area contributed by atoms with Crippen molar-refractivity contribution in [1.82, 2.24) is 25.2 Å². The van der Waals surface area contributed by atoms with Gasteiger partial charge < -0.3 is 20.1 Å². The third-order valence-electron chi connectivity index (χ3n) is 5.80. The van der Waals surface area contributed by atoms with E-state index < -0.39 is 0 Å². The van der Waals surface area contributed by atoms with E-state index in [-0.39, 0.29) is 17.2 Å². The fourth-order valence-corrected chi connectivity index (χ4v) is 4.37. The van der Waals surface area contributed by atoms with Gasteiger partial charge in [0.15, 0.2) is 0 Å². The maximum atomic E-state index is 12.5. The molecule has 0 saturated carbocycles. The summed E-state index contributed by atoms with van der Waals surface area (Å²) in [5.41, 5.74) is 1.03. The highest BCUT2D eigenvalue weighted by atomic mass is 16.2. The topological polar surface area (TPSA) is 94.2 Å². The number of fused-ring (bicyclic) bond motifs is 1. The second kappa shape index (κ2) is 7.17. The number of nitrogens with one attached hydrogen (secondary N) is 2. The first-order chi connectivity index (χ1) is 13.1. The molecule has 2 aromatic rings. The van der Waals surface area contributed by atoms with Crippen LogP contribution in [0.2, 0.25) is 0 Å². The highest BCUT2D eigenvalue weighted by Gasteiger charge is 2.45. The summed E-state index contributed by atoms with van der Waals surface area (Å²) >= 11 is 0. The second-order valence-electron chi connectivity index (χ2n) is 7.76. The smallest absolute Gasteiger partial charge is 0.222 e. The molecular weight excluding hydrogens is 344 g/mol. The fraction of sp³-hybridized carbons (Fsp3) is 0.579. The summed E-state index contributed by atoms with van der Waals surface area (Å²) in [7, 11) is 0. The molecule has 0 radical (unpaired) electrons. The molecule has 2 aromatic heterocycles. The Kier molecular flexibility index (Phi) is 4.72. The number of anilines is 1. The van der Waals surface area contributed by atoms with Crippen molar-refractivity contribution in [2.24, 2.45) is 5.41 Å². The molecule has 8 heteroatoms. The number of hydrogen-bond acceptors (Lipinski definition) is 5. The summed E-state index contributed by atoms with van der Waals surface area (Å²) < 4.78 is 0. The monoisotopic (exact) mass is 370 g/mol. The number of amides is 2. The van der Waals surface area contributed by atoms with Crippen molar-refractivity contribution in [2.45, 2.75) is 32.6 Å². The third-order valence-corrected chi connectivity index (χ3v) is 5.80. The van der Waals surface area contributed by atoms with Crippen LogP contribution >= 0.6 is 0 Å². The molecule has 27 heavy (non-hydrogen) atoms. The van der Waals surface area contributed by atoms with Crippen molar-refractivity contribution >= 4 is 28.7 Å². The number of hydrogen-bond donors (Lipinski definition) is 2. The van der Waals surface area contributed by atoms with Gasteiger partial charge >= 0.3 is 0 Å². The van der Waals surface area contributed by atoms with E-state index >= 15 is 0 Å². The van der Waals surface area contributed by atoms with E-state index in [9.17, 15) is 9.59 Å². The fourth-order valence-electron chi connectivity index (χ4n) is 4.37. The SMILES string of the molecule is CC(=O)NCCCC(=O)N1CCC2(CCN(c3ncnc4[nH]ccc34)C2)C1. The number of carbonyl (C=O) groups is 2. The molecule has 0 aromatic carbocycles. The lowest BCUT2D eigenvalue weighted by molar-refractivity contribution is -0.130. The van der Waals surface area contributed by atoms with Crippen molar-refractivity contribution in [2.75, 3.05) is 37.6 Å². The van der Waals surface area contributed by atoms with E-state index in [1.54, 1.807) is 6.33 Å². The van der Waals surface area contributed by atoms with Gasteiger partial charge in [-0.2, -0.15) is 0 Å². The van der Waals surface area contributed by atoms with Crippen molar-refractivity contribution < 1.29 is 9.59 Å². The van der Waals surface area contributed by atoms with Crippen LogP contribution in [0.25, 0.3) is 11.0 Å². The molecule has 1 atom stereocenters. The Bertz CT molecular complexity index is 850. The van der Waals surface area contributed by atoms with Crippen molar-refractivity contribution in [3.63, 3.8) is 0 Å². The van der Waals surface area contributed by atoms with E-state index in [1.807, 2.05) is 17.2 Å². The van der Waals surface area contributed by atoms with Crippen LogP contribution in [0.3, 0.4) is 0 Å². The van der Waals surface area contributed by atoms with Gasteiger partial charge in [0, 0.05) is 57.7 Å². The van der Waals surface area contributed by atoms with E-state index in [4.69, 9.17) is 0 Å². The van der Waals surface area contributed by atoms with Gasteiger partial charge in [-0.15, -0.1) is 0 Å². The average molecular weight is 370 g/mol. The second-order valence-corrected chi connectivity index (χ2v) is 7.76. The predicted octanol–water partition coefficient (Wildman–Crippen LogP) is 1.30. The van der Waals surface area contributed by atoms with Crippen molar-refractivity contribution in [1.29, 1.82) is 0 Å². The minimum absolute atomic E-state index is 0.0464. The first kappa shape index (κ1) is 17.8.